The molecule has 1 N–H and O–H groups in total. The standard InChI is InChI=1S/C14H16FN5/c1-10(2)7-17-8-12-9-18-19-20(12)14-4-3-11(6-16)5-13(14)15/h3-5,9-10,17H,7-8H2,1-2H3. The number of nitrogens with zero attached hydrogens (tertiary/aromatic N) is 4. The SMILES string of the molecule is CC(C)CNCc1cnnn1-c1ccc(C#N)cc1F. The Balaban J connectivity index is 2.21. The summed E-state index contributed by atoms with van der Waals surface area (Å²) in [6, 6.07) is 6.20. The first-order valence-corrected chi connectivity index (χ1v) is 6.42. The van der Waals surface area contributed by atoms with Crippen LogP contribution in [0.5, 0.6) is 0 Å². The minimum Gasteiger partial charge on any atom is -0.311 e. The average molecular weight is 273 g/mol. The number of halogens is 1. The number of rotatable bonds is 5. The van der Waals surface area contributed by atoms with Gasteiger partial charge in [-0.15, -0.1) is 5.10 Å². The molecule has 5 nitrogen and oxygen atoms in total. The summed E-state index contributed by atoms with van der Waals surface area (Å²) in [6.07, 6.45) is 1.60. The fourth-order valence-corrected chi connectivity index (χ4v) is 1.82. The first-order valence-electron chi connectivity index (χ1n) is 6.42. The number of aromatic nitrogens is 3. The smallest absolute Gasteiger partial charge is 0.150 e. The lowest BCUT2D eigenvalue weighted by Crippen LogP contribution is -2.21. The summed E-state index contributed by atoms with van der Waals surface area (Å²) in [6.45, 7) is 5.65. The van der Waals surface area contributed by atoms with E-state index in [0.717, 1.165) is 12.2 Å². The zero-order valence-corrected chi connectivity index (χ0v) is 11.5. The Morgan fingerprint density at radius 1 is 1.45 bits per heavy atom. The third-order valence-electron chi connectivity index (χ3n) is 2.78. The van der Waals surface area contributed by atoms with E-state index in [1.165, 1.54) is 16.8 Å². The van der Waals surface area contributed by atoms with Gasteiger partial charge in [0.15, 0.2) is 0 Å². The molecule has 0 radical (unpaired) electrons. The second-order valence-electron chi connectivity index (χ2n) is 4.94. The topological polar surface area (TPSA) is 66.5 Å². The lowest BCUT2D eigenvalue weighted by Gasteiger charge is -2.09. The third kappa shape index (κ3) is 3.19. The molecule has 0 saturated carbocycles. The van der Waals surface area contributed by atoms with Crippen molar-refractivity contribution in [2.45, 2.75) is 20.4 Å². The molecular formula is C14H16FN5. The van der Waals surface area contributed by atoms with Gasteiger partial charge in [-0.25, -0.2) is 9.07 Å². The van der Waals surface area contributed by atoms with Crippen molar-refractivity contribution in [3.8, 4) is 11.8 Å². The number of hydrogen-bond donors (Lipinski definition) is 1. The van der Waals surface area contributed by atoms with E-state index in [0.29, 0.717) is 18.2 Å². The lowest BCUT2D eigenvalue weighted by atomic mass is 10.2. The second-order valence-corrected chi connectivity index (χ2v) is 4.94. The van der Waals surface area contributed by atoms with Gasteiger partial charge in [0.05, 0.1) is 23.5 Å². The van der Waals surface area contributed by atoms with Crippen LogP contribution in [0.2, 0.25) is 0 Å². The van der Waals surface area contributed by atoms with Gasteiger partial charge in [0.25, 0.3) is 0 Å². The van der Waals surface area contributed by atoms with Crippen molar-refractivity contribution >= 4 is 0 Å². The molecular weight excluding hydrogens is 257 g/mol. The van der Waals surface area contributed by atoms with Gasteiger partial charge in [0, 0.05) is 6.54 Å². The van der Waals surface area contributed by atoms with Gasteiger partial charge >= 0.3 is 0 Å². The van der Waals surface area contributed by atoms with Crippen LogP contribution in [-0.2, 0) is 6.54 Å². The molecule has 0 aliphatic carbocycles. The van der Waals surface area contributed by atoms with Crippen LogP contribution in [0, 0.1) is 23.1 Å². The van der Waals surface area contributed by atoms with Crippen molar-refractivity contribution in [1.82, 2.24) is 20.3 Å². The summed E-state index contributed by atoms with van der Waals surface area (Å²) >= 11 is 0. The van der Waals surface area contributed by atoms with Crippen LogP contribution in [0.4, 0.5) is 4.39 Å². The lowest BCUT2D eigenvalue weighted by molar-refractivity contribution is 0.538. The fraction of sp³-hybridized carbons (Fsp3) is 0.357. The minimum atomic E-state index is -0.486. The van der Waals surface area contributed by atoms with E-state index in [9.17, 15) is 4.39 Å². The largest absolute Gasteiger partial charge is 0.311 e. The quantitative estimate of drug-likeness (QED) is 0.905. The fourth-order valence-electron chi connectivity index (χ4n) is 1.82. The number of hydrogen-bond acceptors (Lipinski definition) is 4. The molecule has 2 aromatic rings. The van der Waals surface area contributed by atoms with Crippen molar-refractivity contribution in [1.29, 1.82) is 5.26 Å². The van der Waals surface area contributed by atoms with Crippen molar-refractivity contribution in [2.24, 2.45) is 5.92 Å². The molecule has 0 spiro atoms. The van der Waals surface area contributed by atoms with E-state index < -0.39 is 5.82 Å². The van der Waals surface area contributed by atoms with Crippen LogP contribution in [0.3, 0.4) is 0 Å². The van der Waals surface area contributed by atoms with Gasteiger partial charge in [0.2, 0.25) is 0 Å². The van der Waals surface area contributed by atoms with Crippen LogP contribution in [-0.4, -0.2) is 21.5 Å². The first-order chi connectivity index (χ1) is 9.61. The Kier molecular flexibility index (Phi) is 4.43. The molecule has 20 heavy (non-hydrogen) atoms. The molecule has 0 atom stereocenters. The van der Waals surface area contributed by atoms with E-state index in [1.54, 1.807) is 12.3 Å². The molecule has 0 fully saturated rings. The van der Waals surface area contributed by atoms with Gasteiger partial charge in [0.1, 0.15) is 11.5 Å². The molecule has 104 valence electrons. The highest BCUT2D eigenvalue weighted by Gasteiger charge is 2.11. The van der Waals surface area contributed by atoms with E-state index in [4.69, 9.17) is 5.26 Å². The molecule has 1 heterocycles. The highest BCUT2D eigenvalue weighted by Crippen LogP contribution is 2.15. The monoisotopic (exact) mass is 273 g/mol. The highest BCUT2D eigenvalue weighted by molar-refractivity contribution is 5.40. The van der Waals surface area contributed by atoms with Crippen LogP contribution >= 0.6 is 0 Å². The Morgan fingerprint density at radius 2 is 2.25 bits per heavy atom. The van der Waals surface area contributed by atoms with E-state index in [2.05, 4.69) is 29.5 Å². The summed E-state index contributed by atoms with van der Waals surface area (Å²) in [5.74, 6) is 0.0469. The molecule has 0 aliphatic rings. The van der Waals surface area contributed by atoms with E-state index >= 15 is 0 Å². The second kappa shape index (κ2) is 6.26. The van der Waals surface area contributed by atoms with Crippen molar-refractivity contribution in [3.05, 3.63) is 41.5 Å². The van der Waals surface area contributed by atoms with E-state index in [1.807, 2.05) is 6.07 Å². The predicted octanol–water partition coefficient (Wildman–Crippen LogP) is 2.02. The molecule has 2 rings (SSSR count). The Labute approximate surface area is 117 Å². The molecule has 0 unspecified atom stereocenters. The van der Waals surface area contributed by atoms with Gasteiger partial charge in [-0.2, -0.15) is 5.26 Å². The van der Waals surface area contributed by atoms with Gasteiger partial charge in [-0.3, -0.25) is 0 Å². The summed E-state index contributed by atoms with van der Waals surface area (Å²) in [4.78, 5) is 0. The van der Waals surface area contributed by atoms with E-state index in [-0.39, 0.29) is 5.56 Å². The van der Waals surface area contributed by atoms with Crippen LogP contribution in [0.25, 0.3) is 5.69 Å². The molecule has 1 aromatic carbocycles. The Bertz CT molecular complexity index is 627. The summed E-state index contributed by atoms with van der Waals surface area (Å²) < 4.78 is 15.4. The maximum absolute atomic E-state index is 14.0. The van der Waals surface area contributed by atoms with Crippen LogP contribution in [0.1, 0.15) is 25.1 Å². The zero-order chi connectivity index (χ0) is 14.5. The van der Waals surface area contributed by atoms with Crippen molar-refractivity contribution < 1.29 is 4.39 Å². The molecule has 0 bridgehead atoms. The molecule has 0 amide bonds. The Hall–Kier alpha value is -2.26. The first kappa shape index (κ1) is 14.2. The highest BCUT2D eigenvalue weighted by atomic mass is 19.1. The number of nitrogens with one attached hydrogen (secondary N) is 1. The molecule has 0 aliphatic heterocycles. The zero-order valence-electron chi connectivity index (χ0n) is 11.5. The van der Waals surface area contributed by atoms with Gasteiger partial charge in [-0.1, -0.05) is 19.1 Å². The normalized spacial score (nSPS) is 10.8. The maximum Gasteiger partial charge on any atom is 0.150 e. The molecule has 0 saturated heterocycles. The van der Waals surface area contributed by atoms with Crippen molar-refractivity contribution in [2.75, 3.05) is 6.54 Å². The predicted molar refractivity (Wildman–Crippen MR) is 72.6 cm³/mol. The van der Waals surface area contributed by atoms with Crippen LogP contribution < -0.4 is 5.32 Å². The van der Waals surface area contributed by atoms with Gasteiger partial charge < -0.3 is 5.32 Å². The maximum atomic E-state index is 14.0. The minimum absolute atomic E-state index is 0.283. The third-order valence-corrected chi connectivity index (χ3v) is 2.78. The molecule has 1 aromatic heterocycles. The molecule has 6 heteroatoms. The Morgan fingerprint density at radius 3 is 2.90 bits per heavy atom. The summed E-state index contributed by atoms with van der Waals surface area (Å²) in [7, 11) is 0. The van der Waals surface area contributed by atoms with Gasteiger partial charge in [-0.05, 0) is 30.7 Å². The summed E-state index contributed by atoms with van der Waals surface area (Å²) in [5.41, 5.74) is 1.35. The number of benzene rings is 1. The number of nitriles is 1. The van der Waals surface area contributed by atoms with Crippen molar-refractivity contribution in [3.63, 3.8) is 0 Å². The van der Waals surface area contributed by atoms with Crippen LogP contribution in [0.15, 0.2) is 24.4 Å². The average Bonchev–Trinajstić information content (AvgIpc) is 2.86. The summed E-state index contributed by atoms with van der Waals surface area (Å²) in [5, 5.41) is 19.7.